The number of aliphatic carboxylic acids is 1. The molecule has 0 radical (unpaired) electrons. The molecule has 0 amide bonds. The van der Waals surface area contributed by atoms with E-state index >= 15 is 0 Å². The van der Waals surface area contributed by atoms with Crippen molar-refractivity contribution in [2.45, 2.75) is 18.9 Å². The van der Waals surface area contributed by atoms with E-state index in [1.54, 1.807) is 6.20 Å². The van der Waals surface area contributed by atoms with Gasteiger partial charge in [-0.3, -0.25) is 19.7 Å². The van der Waals surface area contributed by atoms with Crippen LogP contribution in [0.5, 0.6) is 0 Å². The third-order valence-electron chi connectivity index (χ3n) is 5.11. The molecule has 2 unspecified atom stereocenters. The number of carboxylic acids is 1. The van der Waals surface area contributed by atoms with E-state index in [2.05, 4.69) is 20.9 Å². The highest BCUT2D eigenvalue weighted by atomic mass is 16.4. The van der Waals surface area contributed by atoms with Crippen molar-refractivity contribution in [2.75, 3.05) is 13.1 Å². The molecule has 1 saturated heterocycles. The van der Waals surface area contributed by atoms with Crippen molar-refractivity contribution in [1.82, 2.24) is 14.9 Å². The molecule has 3 aromatic rings. The third-order valence-corrected chi connectivity index (χ3v) is 5.11. The van der Waals surface area contributed by atoms with E-state index in [0.717, 1.165) is 41.5 Å². The zero-order valence-corrected chi connectivity index (χ0v) is 14.5. The average Bonchev–Trinajstić information content (AvgIpc) is 2.69. The summed E-state index contributed by atoms with van der Waals surface area (Å²) in [5, 5.41) is 10.6. The Morgan fingerprint density at radius 3 is 2.73 bits per heavy atom. The lowest BCUT2D eigenvalue weighted by Gasteiger charge is -2.37. The van der Waals surface area contributed by atoms with E-state index < -0.39 is 5.97 Å². The third kappa shape index (κ3) is 3.18. The Morgan fingerprint density at radius 1 is 1.08 bits per heavy atom. The first kappa shape index (κ1) is 16.7. The van der Waals surface area contributed by atoms with Crippen molar-refractivity contribution in [1.29, 1.82) is 0 Å². The molecule has 1 aliphatic rings. The highest BCUT2D eigenvalue weighted by Gasteiger charge is 2.32. The van der Waals surface area contributed by atoms with Crippen LogP contribution < -0.4 is 0 Å². The predicted octanol–water partition coefficient (Wildman–Crippen LogP) is 3.52. The topological polar surface area (TPSA) is 66.3 Å². The Kier molecular flexibility index (Phi) is 4.63. The maximum absolute atomic E-state index is 11.6. The molecule has 5 heteroatoms. The molecule has 0 aliphatic carbocycles. The van der Waals surface area contributed by atoms with Gasteiger partial charge in [0.25, 0.3) is 0 Å². The van der Waals surface area contributed by atoms with Crippen molar-refractivity contribution in [3.63, 3.8) is 0 Å². The van der Waals surface area contributed by atoms with Crippen LogP contribution in [-0.2, 0) is 4.79 Å². The second-order valence-corrected chi connectivity index (χ2v) is 6.75. The lowest BCUT2D eigenvalue weighted by Crippen LogP contribution is -2.41. The van der Waals surface area contributed by atoms with Crippen LogP contribution in [0.25, 0.3) is 10.9 Å². The van der Waals surface area contributed by atoms with E-state index in [4.69, 9.17) is 0 Å². The Balaban J connectivity index is 1.82. The monoisotopic (exact) mass is 347 g/mol. The number of piperidine rings is 1. The average molecular weight is 347 g/mol. The number of pyridine rings is 2. The fourth-order valence-corrected chi connectivity index (χ4v) is 3.88. The van der Waals surface area contributed by atoms with Gasteiger partial charge in [0, 0.05) is 24.3 Å². The molecule has 2 atom stereocenters. The van der Waals surface area contributed by atoms with Crippen LogP contribution in [0.4, 0.5) is 0 Å². The number of carboxylic acid groups (broad SMARTS) is 1. The Bertz CT molecular complexity index is 908. The SMILES string of the molecule is O=C(O)C1CCCN(C(c2ccccn2)c2ccnc3ccccc23)C1. The molecule has 2 aromatic heterocycles. The molecule has 26 heavy (non-hydrogen) atoms. The maximum Gasteiger partial charge on any atom is 0.307 e. The Labute approximate surface area is 152 Å². The summed E-state index contributed by atoms with van der Waals surface area (Å²) < 4.78 is 0. The molecule has 1 N–H and O–H groups in total. The van der Waals surface area contributed by atoms with Gasteiger partial charge in [-0.15, -0.1) is 0 Å². The molecule has 132 valence electrons. The van der Waals surface area contributed by atoms with Gasteiger partial charge in [0.05, 0.1) is 23.2 Å². The fraction of sp³-hybridized carbons (Fsp3) is 0.286. The van der Waals surface area contributed by atoms with E-state index in [1.807, 2.05) is 48.7 Å². The van der Waals surface area contributed by atoms with Crippen LogP contribution in [0.1, 0.15) is 30.1 Å². The minimum absolute atomic E-state index is 0.0775. The molecule has 4 rings (SSSR count). The minimum atomic E-state index is -0.714. The second kappa shape index (κ2) is 7.22. The van der Waals surface area contributed by atoms with E-state index in [9.17, 15) is 9.90 Å². The van der Waals surface area contributed by atoms with Gasteiger partial charge in [-0.25, -0.2) is 0 Å². The molecular formula is C21H21N3O2. The number of para-hydroxylation sites is 1. The van der Waals surface area contributed by atoms with Crippen molar-refractivity contribution in [2.24, 2.45) is 5.92 Å². The highest BCUT2D eigenvalue weighted by molar-refractivity contribution is 5.82. The summed E-state index contributed by atoms with van der Waals surface area (Å²) in [6, 6.07) is 15.9. The summed E-state index contributed by atoms with van der Waals surface area (Å²) >= 11 is 0. The molecular weight excluding hydrogens is 326 g/mol. The lowest BCUT2D eigenvalue weighted by molar-refractivity contribution is -0.143. The van der Waals surface area contributed by atoms with Crippen LogP contribution in [-0.4, -0.2) is 39.0 Å². The van der Waals surface area contributed by atoms with Crippen molar-refractivity contribution in [3.05, 3.63) is 72.2 Å². The number of rotatable bonds is 4. The van der Waals surface area contributed by atoms with Crippen molar-refractivity contribution in [3.8, 4) is 0 Å². The Hall–Kier alpha value is -2.79. The lowest BCUT2D eigenvalue weighted by atomic mass is 9.92. The van der Waals surface area contributed by atoms with E-state index in [1.165, 1.54) is 0 Å². The molecule has 0 saturated carbocycles. The van der Waals surface area contributed by atoms with Crippen molar-refractivity contribution >= 4 is 16.9 Å². The summed E-state index contributed by atoms with van der Waals surface area (Å²) in [6.07, 6.45) is 5.23. The van der Waals surface area contributed by atoms with Gasteiger partial charge < -0.3 is 5.11 Å². The fourth-order valence-electron chi connectivity index (χ4n) is 3.88. The zero-order valence-electron chi connectivity index (χ0n) is 14.5. The van der Waals surface area contributed by atoms with Crippen LogP contribution >= 0.6 is 0 Å². The normalized spacial score (nSPS) is 19.3. The van der Waals surface area contributed by atoms with Crippen molar-refractivity contribution < 1.29 is 9.90 Å². The van der Waals surface area contributed by atoms with E-state index in [0.29, 0.717) is 6.54 Å². The number of likely N-dealkylation sites (tertiary alicyclic amines) is 1. The van der Waals surface area contributed by atoms with Crippen LogP contribution in [0, 0.1) is 5.92 Å². The summed E-state index contributed by atoms with van der Waals surface area (Å²) in [4.78, 5) is 22.9. The number of fused-ring (bicyclic) bond motifs is 1. The van der Waals surface area contributed by atoms with Gasteiger partial charge >= 0.3 is 5.97 Å². The van der Waals surface area contributed by atoms with Gasteiger partial charge in [0.2, 0.25) is 0 Å². The molecule has 0 bridgehead atoms. The minimum Gasteiger partial charge on any atom is -0.481 e. The van der Waals surface area contributed by atoms with Gasteiger partial charge in [-0.2, -0.15) is 0 Å². The van der Waals surface area contributed by atoms with Crippen LogP contribution in [0.2, 0.25) is 0 Å². The van der Waals surface area contributed by atoms with Crippen LogP contribution in [0.3, 0.4) is 0 Å². The first-order chi connectivity index (χ1) is 12.7. The largest absolute Gasteiger partial charge is 0.481 e. The molecule has 5 nitrogen and oxygen atoms in total. The zero-order chi connectivity index (χ0) is 17.9. The Morgan fingerprint density at radius 2 is 1.92 bits per heavy atom. The van der Waals surface area contributed by atoms with Gasteiger partial charge in [0.15, 0.2) is 0 Å². The summed E-state index contributed by atoms with van der Waals surface area (Å²) in [7, 11) is 0. The van der Waals surface area contributed by atoms with Gasteiger partial charge in [0.1, 0.15) is 0 Å². The summed E-state index contributed by atoms with van der Waals surface area (Å²) in [5.74, 6) is -1.04. The standard InChI is InChI=1S/C21H21N3O2/c25-21(26)15-6-5-13-24(14-15)20(19-9-3-4-11-22-19)17-10-12-23-18-8-2-1-7-16(17)18/h1-4,7-12,15,20H,5-6,13-14H2,(H,25,26). The first-order valence-corrected chi connectivity index (χ1v) is 8.95. The number of hydrogen-bond acceptors (Lipinski definition) is 4. The summed E-state index contributed by atoms with van der Waals surface area (Å²) in [5.41, 5.74) is 3.01. The second-order valence-electron chi connectivity index (χ2n) is 6.75. The van der Waals surface area contributed by atoms with E-state index in [-0.39, 0.29) is 12.0 Å². The predicted molar refractivity (Wildman–Crippen MR) is 99.8 cm³/mol. The molecule has 1 aliphatic heterocycles. The number of nitrogens with zero attached hydrogens (tertiary/aromatic N) is 3. The number of hydrogen-bond donors (Lipinski definition) is 1. The van der Waals surface area contributed by atoms with Gasteiger partial charge in [-0.05, 0) is 49.2 Å². The number of benzene rings is 1. The molecule has 1 fully saturated rings. The maximum atomic E-state index is 11.6. The molecule has 3 heterocycles. The van der Waals surface area contributed by atoms with Gasteiger partial charge in [-0.1, -0.05) is 24.3 Å². The quantitative estimate of drug-likeness (QED) is 0.782. The molecule has 1 aromatic carbocycles. The summed E-state index contributed by atoms with van der Waals surface area (Å²) in [6.45, 7) is 1.40. The smallest absolute Gasteiger partial charge is 0.307 e. The van der Waals surface area contributed by atoms with Crippen LogP contribution in [0.15, 0.2) is 60.9 Å². The molecule has 0 spiro atoms. The first-order valence-electron chi connectivity index (χ1n) is 8.95. The number of carbonyl (C=O) groups is 1. The highest BCUT2D eigenvalue weighted by Crippen LogP contribution is 2.34. The number of aromatic nitrogens is 2.